The summed E-state index contributed by atoms with van der Waals surface area (Å²) in [5.41, 5.74) is 4.72. The third-order valence-corrected chi connectivity index (χ3v) is 14.4. The monoisotopic (exact) mass is 555 g/mol. The predicted molar refractivity (Wildman–Crippen MR) is 163 cm³/mol. The number of hydrogen-bond acceptors (Lipinski definition) is 3. The molecule has 5 aliphatic rings. The van der Waals surface area contributed by atoms with Crippen LogP contribution < -0.4 is 0 Å². The molecule has 220 valence electrons. The molecule has 41 heavy (non-hydrogen) atoms. The Hall–Kier alpha value is -2.36. The molecule has 5 aliphatic carbocycles. The molecule has 0 aliphatic heterocycles. The molecule has 1 N–H and O–H groups in total. The maximum absolute atomic E-state index is 14.8. The lowest BCUT2D eigenvalue weighted by Gasteiger charge is -2.70. The average molecular weight is 556 g/mol. The van der Waals surface area contributed by atoms with Crippen molar-refractivity contribution in [3.63, 3.8) is 0 Å². The number of ketones is 1. The summed E-state index contributed by atoms with van der Waals surface area (Å²) in [6, 6.07) is 8.73. The van der Waals surface area contributed by atoms with Crippen molar-refractivity contribution >= 4 is 22.7 Å². The molecule has 1 aromatic carbocycles. The van der Waals surface area contributed by atoms with E-state index in [0.717, 1.165) is 51.4 Å². The number of esters is 1. The lowest BCUT2D eigenvalue weighted by atomic mass is 9.33. The normalized spacial score (nSPS) is 44.5. The number of aromatic nitrogens is 1. The fraction of sp³-hybridized carbons (Fsp3) is 0.676. The fourth-order valence-corrected chi connectivity index (χ4v) is 11.9. The second kappa shape index (κ2) is 8.17. The molecule has 0 radical (unpaired) electrons. The number of carbonyl (C=O) groups excluding carboxylic acids is 2. The number of methoxy groups -OCH3 is 1. The van der Waals surface area contributed by atoms with Crippen LogP contribution in [0.1, 0.15) is 105 Å². The van der Waals surface area contributed by atoms with Gasteiger partial charge in [0.2, 0.25) is 0 Å². The Morgan fingerprint density at radius 1 is 0.951 bits per heavy atom. The van der Waals surface area contributed by atoms with Crippen molar-refractivity contribution in [3.8, 4) is 0 Å². The molecule has 2 aromatic rings. The van der Waals surface area contributed by atoms with E-state index < -0.39 is 5.41 Å². The Morgan fingerprint density at radius 2 is 1.66 bits per heavy atom. The SMILES string of the molecule is COC(=O)[C@]1(C)CC[C@]2(C)CC[C@]3(C)C(=CC(=O)[C@@H]4[C@]5(C)Cc6c([nH]c7ccccc67)C(C)(C)[C@@H]5CC[C@]43C)[C@H]2C1. The van der Waals surface area contributed by atoms with Crippen LogP contribution in [0.3, 0.4) is 0 Å². The van der Waals surface area contributed by atoms with Crippen LogP contribution in [0.4, 0.5) is 0 Å². The zero-order valence-electron chi connectivity index (χ0n) is 26.5. The van der Waals surface area contributed by atoms with Gasteiger partial charge in [-0.05, 0) is 109 Å². The molecule has 0 saturated heterocycles. The summed E-state index contributed by atoms with van der Waals surface area (Å²) >= 11 is 0. The fourth-order valence-electron chi connectivity index (χ4n) is 11.9. The molecule has 0 bridgehead atoms. The second-order valence-corrected chi connectivity index (χ2v) is 16.7. The van der Waals surface area contributed by atoms with Gasteiger partial charge in [-0.3, -0.25) is 9.59 Å². The van der Waals surface area contributed by atoms with Gasteiger partial charge in [-0.1, -0.05) is 65.3 Å². The van der Waals surface area contributed by atoms with Gasteiger partial charge in [0, 0.05) is 27.9 Å². The van der Waals surface area contributed by atoms with E-state index in [4.69, 9.17) is 4.74 Å². The third-order valence-electron chi connectivity index (χ3n) is 14.4. The van der Waals surface area contributed by atoms with Gasteiger partial charge in [-0.2, -0.15) is 0 Å². The van der Waals surface area contributed by atoms with Crippen molar-refractivity contribution < 1.29 is 14.3 Å². The van der Waals surface area contributed by atoms with Gasteiger partial charge in [0.15, 0.2) is 5.78 Å². The van der Waals surface area contributed by atoms with Crippen LogP contribution >= 0.6 is 0 Å². The number of benzene rings is 1. The first kappa shape index (κ1) is 27.5. The first-order valence-electron chi connectivity index (χ1n) is 16.1. The number of hydrogen-bond donors (Lipinski definition) is 1. The van der Waals surface area contributed by atoms with E-state index >= 15 is 0 Å². The zero-order valence-corrected chi connectivity index (χ0v) is 26.5. The van der Waals surface area contributed by atoms with Gasteiger partial charge >= 0.3 is 5.97 Å². The highest BCUT2D eigenvalue weighted by atomic mass is 16.5. The minimum absolute atomic E-state index is 0.0106. The quantitative estimate of drug-likeness (QED) is 0.360. The summed E-state index contributed by atoms with van der Waals surface area (Å²) in [5, 5.41) is 1.32. The van der Waals surface area contributed by atoms with Crippen molar-refractivity contribution in [2.24, 2.45) is 44.8 Å². The summed E-state index contributed by atoms with van der Waals surface area (Å²) in [5.74, 6) is 0.923. The number of allylic oxidation sites excluding steroid dienone is 2. The molecule has 3 fully saturated rings. The first-order chi connectivity index (χ1) is 19.1. The number of carbonyl (C=O) groups is 2. The van der Waals surface area contributed by atoms with Gasteiger partial charge in [-0.15, -0.1) is 0 Å². The minimum atomic E-state index is -0.485. The maximum Gasteiger partial charge on any atom is 0.311 e. The van der Waals surface area contributed by atoms with Crippen LogP contribution in [-0.4, -0.2) is 23.8 Å². The van der Waals surface area contributed by atoms with Crippen molar-refractivity contribution in [1.29, 1.82) is 0 Å². The van der Waals surface area contributed by atoms with Crippen LogP contribution in [0.5, 0.6) is 0 Å². The van der Waals surface area contributed by atoms with Crippen LogP contribution in [0.2, 0.25) is 0 Å². The summed E-state index contributed by atoms with van der Waals surface area (Å²) in [6.07, 6.45) is 10.3. The first-order valence-corrected chi connectivity index (χ1v) is 16.1. The van der Waals surface area contributed by atoms with Crippen LogP contribution in [0.15, 0.2) is 35.9 Å². The Kier molecular flexibility index (Phi) is 5.47. The smallest absolute Gasteiger partial charge is 0.311 e. The van der Waals surface area contributed by atoms with Gasteiger partial charge in [0.25, 0.3) is 0 Å². The molecule has 3 saturated carbocycles. The molecular formula is C37H49NO3. The van der Waals surface area contributed by atoms with Gasteiger partial charge < -0.3 is 9.72 Å². The van der Waals surface area contributed by atoms with E-state index in [2.05, 4.69) is 83.8 Å². The Balaban J connectivity index is 1.37. The molecular weight excluding hydrogens is 506 g/mol. The van der Waals surface area contributed by atoms with Crippen molar-refractivity contribution in [3.05, 3.63) is 47.2 Å². The molecule has 7 rings (SSSR count). The number of ether oxygens (including phenoxy) is 1. The highest BCUT2D eigenvalue weighted by molar-refractivity contribution is 5.96. The highest BCUT2D eigenvalue weighted by Gasteiger charge is 2.70. The summed E-state index contributed by atoms with van der Waals surface area (Å²) < 4.78 is 5.31. The molecule has 4 nitrogen and oxygen atoms in total. The summed E-state index contributed by atoms with van der Waals surface area (Å²) in [4.78, 5) is 31.6. The largest absolute Gasteiger partial charge is 0.469 e. The zero-order chi connectivity index (χ0) is 29.4. The van der Waals surface area contributed by atoms with E-state index in [0.29, 0.717) is 11.7 Å². The molecule has 0 amide bonds. The number of para-hydroxylation sites is 1. The number of aromatic amines is 1. The molecule has 1 heterocycles. The van der Waals surface area contributed by atoms with Crippen molar-refractivity contribution in [2.75, 3.05) is 7.11 Å². The van der Waals surface area contributed by atoms with E-state index in [1.165, 1.54) is 34.8 Å². The van der Waals surface area contributed by atoms with E-state index in [1.807, 2.05) is 0 Å². The van der Waals surface area contributed by atoms with E-state index in [-0.39, 0.29) is 44.9 Å². The Morgan fingerprint density at radius 3 is 2.39 bits per heavy atom. The number of nitrogens with one attached hydrogen (secondary N) is 1. The predicted octanol–water partition coefficient (Wildman–Crippen LogP) is 8.34. The average Bonchev–Trinajstić information content (AvgIpc) is 3.29. The minimum Gasteiger partial charge on any atom is -0.469 e. The van der Waals surface area contributed by atoms with Gasteiger partial charge in [0.1, 0.15) is 0 Å². The Labute approximate surface area is 246 Å². The highest BCUT2D eigenvalue weighted by Crippen LogP contribution is 2.75. The van der Waals surface area contributed by atoms with Gasteiger partial charge in [0.05, 0.1) is 12.5 Å². The molecule has 4 heteroatoms. The van der Waals surface area contributed by atoms with E-state index in [1.54, 1.807) is 0 Å². The third kappa shape index (κ3) is 3.23. The molecule has 1 aromatic heterocycles. The molecule has 0 spiro atoms. The Bertz CT molecular complexity index is 1510. The van der Waals surface area contributed by atoms with Crippen molar-refractivity contribution in [1.82, 2.24) is 4.98 Å². The molecule has 0 unspecified atom stereocenters. The van der Waals surface area contributed by atoms with Crippen LogP contribution in [-0.2, 0) is 26.2 Å². The maximum atomic E-state index is 14.8. The second-order valence-electron chi connectivity index (χ2n) is 16.7. The van der Waals surface area contributed by atoms with Crippen molar-refractivity contribution in [2.45, 2.75) is 105 Å². The van der Waals surface area contributed by atoms with Crippen LogP contribution in [0, 0.1) is 44.8 Å². The number of rotatable bonds is 1. The summed E-state index contributed by atoms with van der Waals surface area (Å²) in [7, 11) is 1.52. The van der Waals surface area contributed by atoms with Gasteiger partial charge in [-0.25, -0.2) is 0 Å². The lowest BCUT2D eigenvalue weighted by Crippen LogP contribution is -2.66. The standard InChI is InChI=1S/C37H49NO3/c1-32(2)28-13-14-37(7)29(35(28,5)20-23-22-11-9-10-12-26(22)38-30(23)32)27(39)19-24-25-21-34(4,31(40)41-8)16-15-33(25,3)17-18-36(24,37)6/h9-12,19,25,28-29,38H,13-18,20-21H2,1-8H3/t25-,28+,29-,33-,34-,35-,36-,37-/m1/s1. The summed E-state index contributed by atoms with van der Waals surface area (Å²) in [6.45, 7) is 16.8. The number of fused-ring (bicyclic) bond motifs is 10. The van der Waals surface area contributed by atoms with Crippen LogP contribution in [0.25, 0.3) is 10.9 Å². The lowest BCUT2D eigenvalue weighted by molar-refractivity contribution is -0.174. The molecule has 8 atom stereocenters. The van der Waals surface area contributed by atoms with E-state index in [9.17, 15) is 9.59 Å². The number of H-pyrrole nitrogens is 1. The topological polar surface area (TPSA) is 59.2 Å².